The monoisotopic (exact) mass is 306 g/mol. The fourth-order valence-electron chi connectivity index (χ4n) is 3.82. The number of nitrogens with zero attached hydrogens (tertiary/aromatic N) is 2. The van der Waals surface area contributed by atoms with Crippen LogP contribution in [0.2, 0.25) is 0 Å². The predicted octanol–water partition coefficient (Wildman–Crippen LogP) is 3.15. The van der Waals surface area contributed by atoms with Crippen LogP contribution in [0.4, 0.5) is 10.1 Å². The molecule has 1 aromatic rings. The number of piperidine rings is 1. The van der Waals surface area contributed by atoms with Gasteiger partial charge in [-0.05, 0) is 69.0 Å². The van der Waals surface area contributed by atoms with Crippen molar-refractivity contribution < 1.29 is 9.13 Å². The largest absolute Gasteiger partial charge is 0.385 e. The molecule has 0 saturated carbocycles. The average Bonchev–Trinajstić information content (AvgIpc) is 3.04. The number of ether oxygens (including phenoxy) is 1. The molecule has 2 saturated heterocycles. The van der Waals surface area contributed by atoms with Gasteiger partial charge in [-0.2, -0.15) is 0 Å². The van der Waals surface area contributed by atoms with Crippen LogP contribution in [0.25, 0.3) is 0 Å². The number of rotatable bonds is 5. The minimum atomic E-state index is -0.155. The summed E-state index contributed by atoms with van der Waals surface area (Å²) in [5, 5.41) is 0. The molecule has 22 heavy (non-hydrogen) atoms. The van der Waals surface area contributed by atoms with Crippen LogP contribution in [-0.2, 0) is 4.74 Å². The fourth-order valence-corrected chi connectivity index (χ4v) is 3.82. The second-order valence-corrected chi connectivity index (χ2v) is 6.63. The van der Waals surface area contributed by atoms with E-state index in [0.717, 1.165) is 31.3 Å². The molecular formula is C18H27FN2O. The zero-order chi connectivity index (χ0) is 15.4. The topological polar surface area (TPSA) is 15.7 Å². The van der Waals surface area contributed by atoms with Crippen LogP contribution in [0, 0.1) is 11.7 Å². The predicted molar refractivity (Wildman–Crippen MR) is 87.8 cm³/mol. The number of anilines is 1. The molecule has 1 atom stereocenters. The van der Waals surface area contributed by atoms with Crippen LogP contribution in [0.3, 0.4) is 0 Å². The van der Waals surface area contributed by atoms with E-state index in [0.29, 0.717) is 6.04 Å². The molecule has 0 aromatic heterocycles. The molecule has 2 fully saturated rings. The van der Waals surface area contributed by atoms with E-state index in [9.17, 15) is 4.39 Å². The highest BCUT2D eigenvalue weighted by Gasteiger charge is 2.30. The molecule has 1 unspecified atom stereocenters. The smallest absolute Gasteiger partial charge is 0.123 e. The highest BCUT2D eigenvalue weighted by molar-refractivity contribution is 5.47. The van der Waals surface area contributed by atoms with Crippen molar-refractivity contribution in [3.05, 3.63) is 30.1 Å². The summed E-state index contributed by atoms with van der Waals surface area (Å²) >= 11 is 0. The van der Waals surface area contributed by atoms with Gasteiger partial charge in [0.2, 0.25) is 0 Å². The highest BCUT2D eigenvalue weighted by Crippen LogP contribution is 2.27. The first-order valence-electron chi connectivity index (χ1n) is 8.50. The van der Waals surface area contributed by atoms with Crippen LogP contribution in [0.5, 0.6) is 0 Å². The first-order valence-corrected chi connectivity index (χ1v) is 8.50. The minimum absolute atomic E-state index is 0.155. The van der Waals surface area contributed by atoms with E-state index in [-0.39, 0.29) is 5.82 Å². The summed E-state index contributed by atoms with van der Waals surface area (Å²) in [6.45, 7) is 5.49. The van der Waals surface area contributed by atoms with Crippen LogP contribution < -0.4 is 4.90 Å². The lowest BCUT2D eigenvalue weighted by atomic mass is 9.93. The fraction of sp³-hybridized carbons (Fsp3) is 0.667. The molecule has 4 heteroatoms. The summed E-state index contributed by atoms with van der Waals surface area (Å²) < 4.78 is 18.2. The number of likely N-dealkylation sites (tertiary alicyclic amines) is 1. The third-order valence-corrected chi connectivity index (χ3v) is 5.25. The Hall–Kier alpha value is -1.13. The molecule has 0 N–H and O–H groups in total. The Kier molecular flexibility index (Phi) is 5.32. The van der Waals surface area contributed by atoms with Crippen molar-refractivity contribution in [2.45, 2.75) is 31.7 Å². The van der Waals surface area contributed by atoms with Crippen molar-refractivity contribution in [2.75, 3.05) is 44.8 Å². The molecular weight excluding hydrogens is 279 g/mol. The minimum Gasteiger partial charge on any atom is -0.385 e. The lowest BCUT2D eigenvalue weighted by Gasteiger charge is -2.36. The van der Waals surface area contributed by atoms with Crippen LogP contribution in [0.15, 0.2) is 24.3 Å². The second-order valence-electron chi connectivity index (χ2n) is 6.63. The van der Waals surface area contributed by atoms with Gasteiger partial charge < -0.3 is 9.64 Å². The Labute approximate surface area is 133 Å². The van der Waals surface area contributed by atoms with Crippen LogP contribution in [-0.4, -0.2) is 50.8 Å². The maximum atomic E-state index is 13.0. The lowest BCUT2D eigenvalue weighted by Crippen LogP contribution is -2.43. The molecule has 2 aliphatic rings. The third-order valence-electron chi connectivity index (χ3n) is 5.25. The summed E-state index contributed by atoms with van der Waals surface area (Å²) in [5.74, 6) is 0.684. The second kappa shape index (κ2) is 7.42. The Morgan fingerprint density at radius 1 is 1.09 bits per heavy atom. The molecule has 0 aliphatic carbocycles. The number of methoxy groups -OCH3 is 1. The van der Waals surface area contributed by atoms with Crippen LogP contribution in [0.1, 0.15) is 25.7 Å². The van der Waals surface area contributed by atoms with Gasteiger partial charge >= 0.3 is 0 Å². The summed E-state index contributed by atoms with van der Waals surface area (Å²) in [6.07, 6.45) is 5.03. The number of benzene rings is 1. The molecule has 0 spiro atoms. The zero-order valence-corrected chi connectivity index (χ0v) is 13.5. The third kappa shape index (κ3) is 3.79. The average molecular weight is 306 g/mol. The van der Waals surface area contributed by atoms with Gasteiger partial charge in [0.1, 0.15) is 5.82 Å². The SMILES string of the molecule is COCCC1CCN(C2CCN(c3ccc(F)cc3)C2)CC1. The van der Waals surface area contributed by atoms with E-state index in [4.69, 9.17) is 4.74 Å². The Bertz CT molecular complexity index is 457. The zero-order valence-electron chi connectivity index (χ0n) is 13.5. The van der Waals surface area contributed by atoms with Gasteiger partial charge in [0, 0.05) is 38.5 Å². The maximum absolute atomic E-state index is 13.0. The maximum Gasteiger partial charge on any atom is 0.123 e. The number of halogens is 1. The van der Waals surface area contributed by atoms with E-state index in [1.165, 1.54) is 38.8 Å². The summed E-state index contributed by atoms with van der Waals surface area (Å²) in [5.41, 5.74) is 1.15. The molecule has 3 rings (SSSR count). The van der Waals surface area contributed by atoms with E-state index in [1.54, 1.807) is 19.2 Å². The quantitative estimate of drug-likeness (QED) is 0.831. The van der Waals surface area contributed by atoms with Gasteiger partial charge in [0.15, 0.2) is 0 Å². The van der Waals surface area contributed by atoms with Gasteiger partial charge in [-0.1, -0.05) is 0 Å². The first kappa shape index (κ1) is 15.8. The Morgan fingerprint density at radius 3 is 2.50 bits per heavy atom. The number of hydrogen-bond donors (Lipinski definition) is 0. The molecule has 3 nitrogen and oxygen atoms in total. The van der Waals surface area contributed by atoms with Gasteiger partial charge in [-0.3, -0.25) is 4.90 Å². The summed E-state index contributed by atoms with van der Waals surface area (Å²) in [4.78, 5) is 5.05. The van der Waals surface area contributed by atoms with E-state index in [2.05, 4.69) is 9.80 Å². The van der Waals surface area contributed by atoms with Crippen molar-refractivity contribution in [3.63, 3.8) is 0 Å². The molecule has 122 valence electrons. The molecule has 2 aliphatic heterocycles. The van der Waals surface area contributed by atoms with E-state index < -0.39 is 0 Å². The summed E-state index contributed by atoms with van der Waals surface area (Å²) in [6, 6.07) is 7.57. The van der Waals surface area contributed by atoms with Crippen molar-refractivity contribution in [3.8, 4) is 0 Å². The normalized spacial score (nSPS) is 24.1. The van der Waals surface area contributed by atoms with Crippen LogP contribution >= 0.6 is 0 Å². The van der Waals surface area contributed by atoms with Gasteiger partial charge in [-0.25, -0.2) is 4.39 Å². The van der Waals surface area contributed by atoms with Gasteiger partial charge in [0.25, 0.3) is 0 Å². The molecule has 2 heterocycles. The molecule has 0 radical (unpaired) electrons. The Balaban J connectivity index is 1.48. The first-order chi connectivity index (χ1) is 10.8. The van der Waals surface area contributed by atoms with Crippen molar-refractivity contribution in [1.82, 2.24) is 4.90 Å². The van der Waals surface area contributed by atoms with Crippen molar-refractivity contribution in [1.29, 1.82) is 0 Å². The molecule has 0 bridgehead atoms. The van der Waals surface area contributed by atoms with Gasteiger partial charge in [-0.15, -0.1) is 0 Å². The molecule has 1 aromatic carbocycles. The van der Waals surface area contributed by atoms with E-state index >= 15 is 0 Å². The number of hydrogen-bond acceptors (Lipinski definition) is 3. The highest BCUT2D eigenvalue weighted by atomic mass is 19.1. The lowest BCUT2D eigenvalue weighted by molar-refractivity contribution is 0.114. The summed E-state index contributed by atoms with van der Waals surface area (Å²) in [7, 11) is 1.79. The van der Waals surface area contributed by atoms with Crippen molar-refractivity contribution in [2.24, 2.45) is 5.92 Å². The Morgan fingerprint density at radius 2 is 1.82 bits per heavy atom. The van der Waals surface area contributed by atoms with E-state index in [1.807, 2.05) is 12.1 Å². The standard InChI is InChI=1S/C18H27FN2O/c1-22-13-9-15-6-10-20(11-7-15)18-8-12-21(14-18)17-4-2-16(19)3-5-17/h2-5,15,18H,6-14H2,1H3. The van der Waals surface area contributed by atoms with Gasteiger partial charge in [0.05, 0.1) is 0 Å². The van der Waals surface area contributed by atoms with Crippen molar-refractivity contribution >= 4 is 5.69 Å². The molecule has 0 amide bonds.